The standard InChI is InChI=1S/C31H46F5NO4/c1-8-11-17-40-27(39)24(18-21(4)23-15-13-12-14-16-23)19-26(30(32,33)31(34,35)36)41-37-28(6,9-2)20-25(38)22(5)29(37,7)10-3/h12-16,21-22,24,26H,8-11,17-20H2,1-7H3. The third kappa shape index (κ3) is 7.86. The summed E-state index contributed by atoms with van der Waals surface area (Å²) >= 11 is 0. The first-order valence-electron chi connectivity index (χ1n) is 14.6. The lowest BCUT2D eigenvalue weighted by atomic mass is 9.70. The number of nitrogens with zero attached hydrogens (tertiary/aromatic N) is 1. The third-order valence-corrected chi connectivity index (χ3v) is 9.00. The molecule has 1 aromatic carbocycles. The Morgan fingerprint density at radius 1 is 1.05 bits per heavy atom. The van der Waals surface area contributed by atoms with E-state index in [2.05, 4.69) is 0 Å². The van der Waals surface area contributed by atoms with Crippen molar-refractivity contribution in [1.29, 1.82) is 0 Å². The van der Waals surface area contributed by atoms with Crippen molar-refractivity contribution < 1.29 is 41.1 Å². The number of carbonyl (C=O) groups is 2. The van der Waals surface area contributed by atoms with E-state index < -0.39 is 53.5 Å². The first kappa shape index (κ1) is 35.1. The van der Waals surface area contributed by atoms with Gasteiger partial charge in [0.2, 0.25) is 0 Å². The zero-order chi connectivity index (χ0) is 31.2. The van der Waals surface area contributed by atoms with Crippen LogP contribution in [-0.2, 0) is 19.2 Å². The number of ketones is 1. The van der Waals surface area contributed by atoms with Gasteiger partial charge in [-0.2, -0.15) is 27.0 Å². The summed E-state index contributed by atoms with van der Waals surface area (Å²) in [4.78, 5) is 31.9. The van der Waals surface area contributed by atoms with E-state index in [-0.39, 0.29) is 44.0 Å². The van der Waals surface area contributed by atoms with Crippen molar-refractivity contribution in [3.05, 3.63) is 35.9 Å². The predicted octanol–water partition coefficient (Wildman–Crippen LogP) is 8.28. The number of halogens is 5. The summed E-state index contributed by atoms with van der Waals surface area (Å²) in [5.74, 6) is -8.49. The van der Waals surface area contributed by atoms with Gasteiger partial charge in [0.25, 0.3) is 0 Å². The van der Waals surface area contributed by atoms with E-state index in [4.69, 9.17) is 9.57 Å². The highest BCUT2D eigenvalue weighted by Crippen LogP contribution is 2.48. The fraction of sp³-hybridized carbons (Fsp3) is 0.742. The lowest BCUT2D eigenvalue weighted by Crippen LogP contribution is -2.68. The molecule has 0 amide bonds. The summed E-state index contributed by atoms with van der Waals surface area (Å²) in [6.45, 7) is 12.1. The summed E-state index contributed by atoms with van der Waals surface area (Å²) in [6, 6.07) is 9.02. The maximum atomic E-state index is 15.3. The molecule has 0 bridgehead atoms. The van der Waals surface area contributed by atoms with E-state index in [0.717, 1.165) is 5.56 Å². The van der Waals surface area contributed by atoms with Crippen molar-refractivity contribution in [2.75, 3.05) is 6.61 Å². The van der Waals surface area contributed by atoms with Crippen LogP contribution >= 0.6 is 0 Å². The van der Waals surface area contributed by atoms with E-state index >= 15 is 8.78 Å². The molecule has 0 spiro atoms. The molecule has 6 unspecified atom stereocenters. The summed E-state index contributed by atoms with van der Waals surface area (Å²) in [5, 5.41) is 1.22. The Morgan fingerprint density at radius 3 is 2.17 bits per heavy atom. The minimum Gasteiger partial charge on any atom is -0.465 e. The minimum atomic E-state index is -5.93. The van der Waals surface area contributed by atoms with E-state index in [1.165, 1.54) is 5.06 Å². The molecule has 41 heavy (non-hydrogen) atoms. The van der Waals surface area contributed by atoms with Crippen molar-refractivity contribution in [2.24, 2.45) is 11.8 Å². The quantitative estimate of drug-likeness (QED) is 0.124. The monoisotopic (exact) mass is 591 g/mol. The molecular formula is C31H46F5NO4. The largest absolute Gasteiger partial charge is 0.465 e. The van der Waals surface area contributed by atoms with Gasteiger partial charge >= 0.3 is 18.1 Å². The van der Waals surface area contributed by atoms with Gasteiger partial charge < -0.3 is 4.74 Å². The SMILES string of the molecule is CCCCOC(=O)C(CC(C)c1ccccc1)CC(ON1C(C)(CC)CC(=O)C(C)C1(C)CC)C(F)(F)C(F)(F)F. The van der Waals surface area contributed by atoms with Gasteiger partial charge in [0, 0.05) is 12.3 Å². The zero-order valence-corrected chi connectivity index (χ0v) is 25.3. The average molecular weight is 592 g/mol. The molecule has 10 heteroatoms. The van der Waals surface area contributed by atoms with Gasteiger partial charge in [0.15, 0.2) is 6.10 Å². The number of ether oxygens (including phenoxy) is 1. The minimum absolute atomic E-state index is 0.00620. The second-order valence-electron chi connectivity index (χ2n) is 11.9. The molecule has 1 aliphatic rings. The summed E-state index contributed by atoms with van der Waals surface area (Å²) in [5.41, 5.74) is -1.45. The molecule has 2 rings (SSSR count). The third-order valence-electron chi connectivity index (χ3n) is 9.00. The van der Waals surface area contributed by atoms with Crippen LogP contribution < -0.4 is 0 Å². The van der Waals surface area contributed by atoms with Crippen LogP contribution in [0.5, 0.6) is 0 Å². The van der Waals surface area contributed by atoms with Gasteiger partial charge in [-0.25, -0.2) is 0 Å². The van der Waals surface area contributed by atoms with Crippen LogP contribution in [0.2, 0.25) is 0 Å². The molecule has 5 nitrogen and oxygen atoms in total. The number of unbranched alkanes of at least 4 members (excludes halogenated alkanes) is 1. The average Bonchev–Trinajstić information content (AvgIpc) is 2.92. The van der Waals surface area contributed by atoms with Gasteiger partial charge in [-0.1, -0.05) is 71.4 Å². The van der Waals surface area contributed by atoms with E-state index in [1.54, 1.807) is 59.7 Å². The molecule has 1 fully saturated rings. The van der Waals surface area contributed by atoms with Crippen molar-refractivity contribution in [3.8, 4) is 0 Å². The van der Waals surface area contributed by atoms with Crippen LogP contribution in [0.25, 0.3) is 0 Å². The zero-order valence-electron chi connectivity index (χ0n) is 25.3. The van der Waals surface area contributed by atoms with E-state index in [0.29, 0.717) is 12.8 Å². The highest BCUT2D eigenvalue weighted by atomic mass is 19.4. The van der Waals surface area contributed by atoms with Crippen molar-refractivity contribution in [3.63, 3.8) is 0 Å². The molecule has 6 atom stereocenters. The van der Waals surface area contributed by atoms with Crippen LogP contribution in [0.1, 0.15) is 105 Å². The normalized spacial score (nSPS) is 26.4. The summed E-state index contributed by atoms with van der Waals surface area (Å²) in [6.07, 6.45) is -7.82. The van der Waals surface area contributed by atoms with Crippen LogP contribution in [0, 0.1) is 11.8 Å². The first-order chi connectivity index (χ1) is 19.0. The van der Waals surface area contributed by atoms with Gasteiger partial charge in [-0.3, -0.25) is 14.4 Å². The van der Waals surface area contributed by atoms with Crippen LogP contribution in [0.15, 0.2) is 30.3 Å². The molecule has 234 valence electrons. The molecular weight excluding hydrogens is 545 g/mol. The Labute approximate surface area is 241 Å². The lowest BCUT2D eigenvalue weighted by Gasteiger charge is -2.57. The molecule has 1 saturated heterocycles. The van der Waals surface area contributed by atoms with Crippen LogP contribution in [0.3, 0.4) is 0 Å². The number of Topliss-reactive ketones (excluding diaryl/α,β-unsaturated/α-hetero) is 1. The predicted molar refractivity (Wildman–Crippen MR) is 147 cm³/mol. The van der Waals surface area contributed by atoms with Gasteiger partial charge in [0.05, 0.1) is 23.6 Å². The molecule has 0 aliphatic carbocycles. The molecule has 0 aromatic heterocycles. The number of alkyl halides is 5. The first-order valence-corrected chi connectivity index (χ1v) is 14.6. The number of benzene rings is 1. The topological polar surface area (TPSA) is 55.8 Å². The second-order valence-corrected chi connectivity index (χ2v) is 11.9. The highest BCUT2D eigenvalue weighted by Gasteiger charge is 2.66. The van der Waals surface area contributed by atoms with Gasteiger partial charge in [-0.15, -0.1) is 0 Å². The Kier molecular flexibility index (Phi) is 11.9. The molecule has 0 radical (unpaired) electrons. The lowest BCUT2D eigenvalue weighted by molar-refractivity contribution is -0.388. The van der Waals surface area contributed by atoms with Crippen molar-refractivity contribution >= 4 is 11.8 Å². The molecule has 1 heterocycles. The fourth-order valence-corrected chi connectivity index (χ4v) is 5.60. The van der Waals surface area contributed by atoms with E-state index in [9.17, 15) is 22.8 Å². The van der Waals surface area contributed by atoms with Crippen LogP contribution in [0.4, 0.5) is 22.0 Å². The Balaban J connectivity index is 2.56. The number of rotatable bonds is 14. The van der Waals surface area contributed by atoms with E-state index in [1.807, 2.05) is 19.1 Å². The Hall–Kier alpha value is -2.07. The van der Waals surface area contributed by atoms with Gasteiger partial charge in [0.1, 0.15) is 5.78 Å². The number of piperidine rings is 1. The highest BCUT2D eigenvalue weighted by molar-refractivity contribution is 5.84. The molecule has 0 N–H and O–H groups in total. The number of hydrogen-bond donors (Lipinski definition) is 0. The Morgan fingerprint density at radius 2 is 1.66 bits per heavy atom. The second kappa shape index (κ2) is 13.9. The van der Waals surface area contributed by atoms with Crippen molar-refractivity contribution in [1.82, 2.24) is 5.06 Å². The number of carbonyl (C=O) groups excluding carboxylic acids is 2. The smallest absolute Gasteiger partial charge is 0.456 e. The number of hydroxylamine groups is 2. The fourth-order valence-electron chi connectivity index (χ4n) is 5.60. The summed E-state index contributed by atoms with van der Waals surface area (Å²) < 4.78 is 77.8. The maximum absolute atomic E-state index is 15.3. The maximum Gasteiger partial charge on any atom is 0.456 e. The van der Waals surface area contributed by atoms with Crippen LogP contribution in [-0.4, -0.2) is 52.7 Å². The van der Waals surface area contributed by atoms with Crippen molar-refractivity contribution in [2.45, 2.75) is 129 Å². The molecule has 1 aromatic rings. The molecule has 0 saturated carbocycles. The Bertz CT molecular complexity index is 1000. The summed E-state index contributed by atoms with van der Waals surface area (Å²) in [7, 11) is 0. The molecule has 1 aliphatic heterocycles. The number of esters is 1. The van der Waals surface area contributed by atoms with Gasteiger partial charge in [-0.05, 0) is 57.4 Å². The number of hydrogen-bond acceptors (Lipinski definition) is 5.